The molecule has 0 saturated carbocycles. The van der Waals surface area contributed by atoms with E-state index in [1.807, 2.05) is 0 Å². The van der Waals surface area contributed by atoms with Crippen LogP contribution >= 0.6 is 0 Å². The standard InChI is InChI=1S/C14H21N/c1-11-5-6-13-12(9-11)7-8-15(4)10-14(13,2)3/h5-6,9H,7-8,10H2,1-4H3. The Morgan fingerprint density at radius 1 is 1.27 bits per heavy atom. The lowest BCUT2D eigenvalue weighted by atomic mass is 9.81. The van der Waals surface area contributed by atoms with E-state index >= 15 is 0 Å². The van der Waals surface area contributed by atoms with Gasteiger partial charge in [0.15, 0.2) is 0 Å². The summed E-state index contributed by atoms with van der Waals surface area (Å²) < 4.78 is 0. The second kappa shape index (κ2) is 3.64. The van der Waals surface area contributed by atoms with Crippen molar-refractivity contribution in [2.24, 2.45) is 0 Å². The van der Waals surface area contributed by atoms with Crippen LogP contribution in [0, 0.1) is 6.92 Å². The largest absolute Gasteiger partial charge is 0.305 e. The maximum atomic E-state index is 2.44. The maximum absolute atomic E-state index is 2.44. The SMILES string of the molecule is Cc1ccc2c(c1)CCN(C)CC2(C)C. The second-order valence-electron chi connectivity index (χ2n) is 5.53. The van der Waals surface area contributed by atoms with E-state index < -0.39 is 0 Å². The summed E-state index contributed by atoms with van der Waals surface area (Å²) in [5, 5.41) is 0. The van der Waals surface area contributed by atoms with Crippen LogP contribution in [-0.4, -0.2) is 25.0 Å². The number of aryl methyl sites for hydroxylation is 1. The van der Waals surface area contributed by atoms with Crippen LogP contribution in [0.4, 0.5) is 0 Å². The lowest BCUT2D eigenvalue weighted by Crippen LogP contribution is -2.32. The molecule has 0 fully saturated rings. The van der Waals surface area contributed by atoms with E-state index in [2.05, 4.69) is 50.9 Å². The number of rotatable bonds is 0. The average molecular weight is 203 g/mol. The molecular weight excluding hydrogens is 182 g/mol. The first-order valence-corrected chi connectivity index (χ1v) is 5.77. The number of fused-ring (bicyclic) bond motifs is 1. The molecule has 0 spiro atoms. The summed E-state index contributed by atoms with van der Waals surface area (Å²) >= 11 is 0. The summed E-state index contributed by atoms with van der Waals surface area (Å²) in [6, 6.07) is 6.92. The van der Waals surface area contributed by atoms with Crippen molar-refractivity contribution in [2.75, 3.05) is 20.1 Å². The molecule has 0 N–H and O–H groups in total. The van der Waals surface area contributed by atoms with Crippen molar-refractivity contribution in [3.63, 3.8) is 0 Å². The molecule has 0 saturated heterocycles. The van der Waals surface area contributed by atoms with Gasteiger partial charge >= 0.3 is 0 Å². The van der Waals surface area contributed by atoms with E-state index in [4.69, 9.17) is 0 Å². The van der Waals surface area contributed by atoms with E-state index in [-0.39, 0.29) is 5.41 Å². The third-order valence-electron chi connectivity index (χ3n) is 3.42. The first-order valence-electron chi connectivity index (χ1n) is 5.77. The van der Waals surface area contributed by atoms with Crippen molar-refractivity contribution in [3.8, 4) is 0 Å². The first kappa shape index (κ1) is 10.7. The molecule has 0 amide bonds. The Morgan fingerprint density at radius 2 is 2.00 bits per heavy atom. The van der Waals surface area contributed by atoms with Gasteiger partial charge in [-0.25, -0.2) is 0 Å². The minimum atomic E-state index is 0.286. The van der Waals surface area contributed by atoms with Gasteiger partial charge in [0.1, 0.15) is 0 Å². The highest BCUT2D eigenvalue weighted by molar-refractivity contribution is 5.38. The van der Waals surface area contributed by atoms with Crippen molar-refractivity contribution in [3.05, 3.63) is 34.9 Å². The van der Waals surface area contributed by atoms with Gasteiger partial charge in [0.25, 0.3) is 0 Å². The van der Waals surface area contributed by atoms with Crippen LogP contribution in [0.3, 0.4) is 0 Å². The van der Waals surface area contributed by atoms with Gasteiger partial charge in [0.2, 0.25) is 0 Å². The number of likely N-dealkylation sites (N-methyl/N-ethyl adjacent to an activating group) is 1. The van der Waals surface area contributed by atoms with Crippen molar-refractivity contribution in [1.82, 2.24) is 4.90 Å². The summed E-state index contributed by atoms with van der Waals surface area (Å²) in [6.07, 6.45) is 1.19. The summed E-state index contributed by atoms with van der Waals surface area (Å²) in [5.41, 5.74) is 4.75. The third kappa shape index (κ3) is 2.07. The molecule has 1 aromatic carbocycles. The van der Waals surface area contributed by atoms with Crippen LogP contribution < -0.4 is 0 Å². The van der Waals surface area contributed by atoms with Gasteiger partial charge in [0, 0.05) is 18.5 Å². The molecule has 1 aromatic rings. The second-order valence-corrected chi connectivity index (χ2v) is 5.53. The smallest absolute Gasteiger partial charge is 0.00705 e. The average Bonchev–Trinajstić information content (AvgIpc) is 2.23. The van der Waals surface area contributed by atoms with Crippen LogP contribution in [0.1, 0.15) is 30.5 Å². The van der Waals surface area contributed by atoms with Crippen molar-refractivity contribution >= 4 is 0 Å². The molecule has 1 heteroatoms. The highest BCUT2D eigenvalue weighted by Gasteiger charge is 2.27. The van der Waals surface area contributed by atoms with Crippen molar-refractivity contribution in [2.45, 2.75) is 32.6 Å². The van der Waals surface area contributed by atoms with E-state index in [0.29, 0.717) is 0 Å². The fraction of sp³-hybridized carbons (Fsp3) is 0.571. The van der Waals surface area contributed by atoms with Gasteiger partial charge in [-0.15, -0.1) is 0 Å². The molecule has 82 valence electrons. The van der Waals surface area contributed by atoms with E-state index in [0.717, 1.165) is 6.54 Å². The molecule has 1 heterocycles. The molecule has 0 radical (unpaired) electrons. The zero-order valence-corrected chi connectivity index (χ0v) is 10.3. The Kier molecular flexibility index (Phi) is 2.59. The molecule has 0 atom stereocenters. The van der Waals surface area contributed by atoms with Crippen LogP contribution in [0.25, 0.3) is 0 Å². The van der Waals surface area contributed by atoms with Gasteiger partial charge < -0.3 is 4.90 Å². The van der Waals surface area contributed by atoms with Gasteiger partial charge in [-0.2, -0.15) is 0 Å². The Hall–Kier alpha value is -0.820. The topological polar surface area (TPSA) is 3.24 Å². The minimum Gasteiger partial charge on any atom is -0.305 e. The molecule has 0 unspecified atom stereocenters. The van der Waals surface area contributed by atoms with E-state index in [9.17, 15) is 0 Å². The molecular formula is C14H21N. The Balaban J connectivity index is 2.48. The molecule has 1 nitrogen and oxygen atoms in total. The summed E-state index contributed by atoms with van der Waals surface area (Å²) in [6.45, 7) is 9.22. The van der Waals surface area contributed by atoms with Gasteiger partial charge in [-0.05, 0) is 31.5 Å². The normalized spacial score (nSPS) is 20.8. The summed E-state index contributed by atoms with van der Waals surface area (Å²) in [4.78, 5) is 2.44. The Bertz CT molecular complexity index is 366. The van der Waals surface area contributed by atoms with Crippen LogP contribution in [0.5, 0.6) is 0 Å². The zero-order valence-electron chi connectivity index (χ0n) is 10.3. The van der Waals surface area contributed by atoms with Crippen LogP contribution in [-0.2, 0) is 11.8 Å². The fourth-order valence-corrected chi connectivity index (χ4v) is 2.74. The summed E-state index contributed by atoms with van der Waals surface area (Å²) in [5.74, 6) is 0. The minimum absolute atomic E-state index is 0.286. The predicted molar refractivity (Wildman–Crippen MR) is 65.4 cm³/mol. The molecule has 15 heavy (non-hydrogen) atoms. The van der Waals surface area contributed by atoms with Gasteiger partial charge in [-0.3, -0.25) is 0 Å². The lowest BCUT2D eigenvalue weighted by molar-refractivity contribution is 0.283. The number of nitrogens with zero attached hydrogens (tertiary/aromatic N) is 1. The van der Waals surface area contributed by atoms with Crippen molar-refractivity contribution in [1.29, 1.82) is 0 Å². The van der Waals surface area contributed by atoms with E-state index in [1.165, 1.54) is 24.1 Å². The molecule has 1 aliphatic heterocycles. The predicted octanol–water partition coefficient (Wildman–Crippen LogP) is 2.76. The van der Waals surface area contributed by atoms with Gasteiger partial charge in [-0.1, -0.05) is 37.6 Å². The molecule has 2 rings (SSSR count). The monoisotopic (exact) mass is 203 g/mol. The molecule has 1 aliphatic rings. The van der Waals surface area contributed by atoms with Crippen LogP contribution in [0.15, 0.2) is 18.2 Å². The quantitative estimate of drug-likeness (QED) is 0.626. The molecule has 0 aliphatic carbocycles. The van der Waals surface area contributed by atoms with E-state index in [1.54, 1.807) is 5.56 Å². The highest BCUT2D eigenvalue weighted by Crippen LogP contribution is 2.30. The van der Waals surface area contributed by atoms with Crippen LogP contribution in [0.2, 0.25) is 0 Å². The third-order valence-corrected chi connectivity index (χ3v) is 3.42. The van der Waals surface area contributed by atoms with Crippen molar-refractivity contribution < 1.29 is 0 Å². The first-order chi connectivity index (χ1) is 6.99. The number of benzene rings is 1. The molecule has 0 aromatic heterocycles. The molecule has 0 bridgehead atoms. The number of hydrogen-bond donors (Lipinski definition) is 0. The fourth-order valence-electron chi connectivity index (χ4n) is 2.74. The Morgan fingerprint density at radius 3 is 2.73 bits per heavy atom. The lowest BCUT2D eigenvalue weighted by Gasteiger charge is -2.28. The zero-order chi connectivity index (χ0) is 11.1. The summed E-state index contributed by atoms with van der Waals surface area (Å²) in [7, 11) is 2.22. The Labute approximate surface area is 93.1 Å². The van der Waals surface area contributed by atoms with Gasteiger partial charge in [0.05, 0.1) is 0 Å². The highest BCUT2D eigenvalue weighted by atomic mass is 15.1. The number of hydrogen-bond acceptors (Lipinski definition) is 1. The maximum Gasteiger partial charge on any atom is 0.00705 e.